The number of hydrogen-bond acceptors (Lipinski definition) is 3. The molecule has 4 aromatic rings. The Hall–Kier alpha value is -3.71. The number of H-pyrrole nitrogens is 1. The number of para-hydroxylation sites is 1. The maximum Gasteiger partial charge on any atom is 0.207 e. The molecule has 2 heterocycles. The van der Waals surface area contributed by atoms with Gasteiger partial charge in [0.2, 0.25) is 11.8 Å². The first-order chi connectivity index (χ1) is 12.8. The number of fused-ring (bicyclic) bond motifs is 4. The molecule has 3 N–H and O–H groups in total. The molecule has 0 radical (unpaired) electrons. The Morgan fingerprint density at radius 2 is 1.65 bits per heavy atom. The summed E-state index contributed by atoms with van der Waals surface area (Å²) in [5.74, 6) is 0.496. The maximum absolute atomic E-state index is 9.82. The normalized spacial score (nSPS) is 16.3. The summed E-state index contributed by atoms with van der Waals surface area (Å²) in [5, 5.41) is 13.1. The lowest BCUT2D eigenvalue weighted by Gasteiger charge is -2.25. The van der Waals surface area contributed by atoms with Crippen LogP contribution in [0.5, 0.6) is 5.88 Å². The molecule has 0 aliphatic carbocycles. The highest BCUT2D eigenvalue weighted by molar-refractivity contribution is 5.92. The van der Waals surface area contributed by atoms with E-state index in [4.69, 9.17) is 10.5 Å². The molecule has 1 unspecified atom stereocenters. The maximum atomic E-state index is 9.82. The minimum absolute atomic E-state index is 0.157. The van der Waals surface area contributed by atoms with Gasteiger partial charge in [-0.1, -0.05) is 60.7 Å². The van der Waals surface area contributed by atoms with E-state index in [1.165, 1.54) is 0 Å². The molecule has 4 nitrogen and oxygen atoms in total. The summed E-state index contributed by atoms with van der Waals surface area (Å²) in [6, 6.07) is 24.6. The Labute approximate surface area is 150 Å². The van der Waals surface area contributed by atoms with Crippen molar-refractivity contribution in [3.63, 3.8) is 0 Å². The predicted octanol–water partition coefficient (Wildman–Crippen LogP) is 4.54. The van der Waals surface area contributed by atoms with Gasteiger partial charge >= 0.3 is 0 Å². The lowest BCUT2D eigenvalue weighted by Crippen LogP contribution is -2.20. The molecule has 1 aromatic heterocycles. The number of nitriles is 1. The van der Waals surface area contributed by atoms with Crippen LogP contribution in [0.1, 0.15) is 17.0 Å². The molecule has 124 valence electrons. The fraction of sp³-hybridized carbons (Fsp3) is 0.0455. The van der Waals surface area contributed by atoms with Crippen molar-refractivity contribution in [3.05, 3.63) is 89.3 Å². The minimum Gasteiger partial charge on any atom is -0.424 e. The summed E-state index contributed by atoms with van der Waals surface area (Å²) in [5.41, 5.74) is 9.54. The summed E-state index contributed by atoms with van der Waals surface area (Å²) >= 11 is 0. The summed E-state index contributed by atoms with van der Waals surface area (Å²) in [6.07, 6.45) is 0. The fourth-order valence-electron chi connectivity index (χ4n) is 3.89. The van der Waals surface area contributed by atoms with Crippen LogP contribution < -0.4 is 10.5 Å². The minimum atomic E-state index is -0.272. The Morgan fingerprint density at radius 3 is 2.50 bits per heavy atom. The third-order valence-electron chi connectivity index (χ3n) is 5.02. The molecule has 0 fully saturated rings. The standard InChI is InChI=1S/C22H15N3O/c23-12-17-19(15-10-5-7-13-6-1-2-8-14(13)15)20-16-9-3-4-11-18(16)25-22(20)26-21(17)24/h1-11,19,25H,24H2. The van der Waals surface area contributed by atoms with Crippen LogP contribution in [-0.4, -0.2) is 4.98 Å². The van der Waals surface area contributed by atoms with Crippen LogP contribution in [0.4, 0.5) is 0 Å². The highest BCUT2D eigenvalue weighted by atomic mass is 16.5. The SMILES string of the molecule is N#CC1=C(N)Oc2[nH]c3ccccc3c2C1c1cccc2ccccc12. The summed E-state index contributed by atoms with van der Waals surface area (Å²) in [6.45, 7) is 0. The van der Waals surface area contributed by atoms with E-state index in [1.54, 1.807) is 0 Å². The second kappa shape index (κ2) is 5.40. The molecule has 1 aliphatic heterocycles. The summed E-state index contributed by atoms with van der Waals surface area (Å²) < 4.78 is 5.76. The number of ether oxygens (including phenoxy) is 1. The van der Waals surface area contributed by atoms with Gasteiger partial charge in [0, 0.05) is 16.5 Å². The van der Waals surface area contributed by atoms with E-state index in [0.717, 1.165) is 32.8 Å². The van der Waals surface area contributed by atoms with Crippen molar-refractivity contribution in [2.75, 3.05) is 0 Å². The van der Waals surface area contributed by atoms with E-state index in [9.17, 15) is 5.26 Å². The van der Waals surface area contributed by atoms with E-state index in [0.29, 0.717) is 11.5 Å². The Bertz CT molecular complexity index is 1240. The smallest absolute Gasteiger partial charge is 0.207 e. The second-order valence-corrected chi connectivity index (χ2v) is 6.41. The van der Waals surface area contributed by atoms with Crippen LogP contribution in [0.25, 0.3) is 21.7 Å². The van der Waals surface area contributed by atoms with E-state index in [1.807, 2.05) is 42.5 Å². The van der Waals surface area contributed by atoms with Crippen molar-refractivity contribution < 1.29 is 4.74 Å². The average molecular weight is 337 g/mol. The number of aromatic amines is 1. The lowest BCUT2D eigenvalue weighted by molar-refractivity contribution is 0.383. The molecule has 0 amide bonds. The van der Waals surface area contributed by atoms with Gasteiger partial charge in [-0.3, -0.25) is 0 Å². The van der Waals surface area contributed by atoms with Crippen LogP contribution in [0, 0.1) is 11.3 Å². The topological polar surface area (TPSA) is 74.8 Å². The number of rotatable bonds is 1. The van der Waals surface area contributed by atoms with Crippen molar-refractivity contribution in [1.29, 1.82) is 5.26 Å². The number of allylic oxidation sites excluding steroid dienone is 1. The van der Waals surface area contributed by atoms with Crippen molar-refractivity contribution in [2.24, 2.45) is 5.73 Å². The summed E-state index contributed by atoms with van der Waals surface area (Å²) in [4.78, 5) is 3.29. The van der Waals surface area contributed by atoms with Crippen LogP contribution in [-0.2, 0) is 0 Å². The number of nitrogens with one attached hydrogen (secondary N) is 1. The van der Waals surface area contributed by atoms with Gasteiger partial charge < -0.3 is 15.5 Å². The third kappa shape index (κ3) is 1.95. The number of nitrogens with zero attached hydrogens (tertiary/aromatic N) is 1. The lowest BCUT2D eigenvalue weighted by atomic mass is 9.81. The number of aromatic nitrogens is 1. The molecule has 0 saturated carbocycles. The van der Waals surface area contributed by atoms with Crippen molar-refractivity contribution >= 4 is 21.7 Å². The molecule has 5 rings (SSSR count). The highest BCUT2D eigenvalue weighted by Crippen LogP contribution is 2.47. The molecule has 26 heavy (non-hydrogen) atoms. The molecule has 1 atom stereocenters. The van der Waals surface area contributed by atoms with E-state index in [-0.39, 0.29) is 11.8 Å². The average Bonchev–Trinajstić information content (AvgIpc) is 3.04. The second-order valence-electron chi connectivity index (χ2n) is 6.41. The third-order valence-corrected chi connectivity index (χ3v) is 5.02. The first-order valence-corrected chi connectivity index (χ1v) is 8.44. The van der Waals surface area contributed by atoms with Crippen LogP contribution in [0.2, 0.25) is 0 Å². The van der Waals surface area contributed by atoms with Gasteiger partial charge in [0.15, 0.2) is 0 Å². The molecule has 0 bridgehead atoms. The Kier molecular flexibility index (Phi) is 3.04. The number of hydrogen-bond donors (Lipinski definition) is 2. The van der Waals surface area contributed by atoms with Crippen LogP contribution in [0.15, 0.2) is 78.2 Å². The van der Waals surface area contributed by atoms with Crippen molar-refractivity contribution in [1.82, 2.24) is 4.98 Å². The monoisotopic (exact) mass is 337 g/mol. The molecule has 3 aromatic carbocycles. The number of benzene rings is 3. The van der Waals surface area contributed by atoms with Crippen molar-refractivity contribution in [2.45, 2.75) is 5.92 Å². The molecular weight excluding hydrogens is 322 g/mol. The van der Waals surface area contributed by atoms with Gasteiger partial charge in [-0.05, 0) is 22.4 Å². The zero-order valence-corrected chi connectivity index (χ0v) is 13.9. The van der Waals surface area contributed by atoms with Gasteiger partial charge in [0.05, 0.1) is 5.92 Å². The first-order valence-electron chi connectivity index (χ1n) is 8.44. The highest BCUT2D eigenvalue weighted by Gasteiger charge is 2.34. The molecule has 0 spiro atoms. The van der Waals surface area contributed by atoms with E-state index >= 15 is 0 Å². The first kappa shape index (κ1) is 14.6. The van der Waals surface area contributed by atoms with E-state index in [2.05, 4.69) is 35.3 Å². The van der Waals surface area contributed by atoms with Gasteiger partial charge in [-0.15, -0.1) is 0 Å². The quantitative estimate of drug-likeness (QED) is 0.535. The van der Waals surface area contributed by atoms with Gasteiger partial charge in [0.25, 0.3) is 0 Å². The number of nitrogens with two attached hydrogens (primary N) is 1. The summed E-state index contributed by atoms with van der Waals surface area (Å²) in [7, 11) is 0. The Balaban J connectivity index is 1.89. The van der Waals surface area contributed by atoms with E-state index < -0.39 is 0 Å². The van der Waals surface area contributed by atoms with Crippen molar-refractivity contribution in [3.8, 4) is 11.9 Å². The Morgan fingerprint density at radius 1 is 0.923 bits per heavy atom. The molecule has 0 saturated heterocycles. The van der Waals surface area contributed by atoms with Crippen LogP contribution >= 0.6 is 0 Å². The zero-order chi connectivity index (χ0) is 17.7. The van der Waals surface area contributed by atoms with Gasteiger partial charge in [0.1, 0.15) is 11.6 Å². The predicted molar refractivity (Wildman–Crippen MR) is 102 cm³/mol. The van der Waals surface area contributed by atoms with Gasteiger partial charge in [-0.25, -0.2) is 0 Å². The van der Waals surface area contributed by atoms with Crippen LogP contribution in [0.3, 0.4) is 0 Å². The van der Waals surface area contributed by atoms with Gasteiger partial charge in [-0.2, -0.15) is 5.26 Å². The fourth-order valence-corrected chi connectivity index (χ4v) is 3.89. The largest absolute Gasteiger partial charge is 0.424 e. The molecule has 1 aliphatic rings. The zero-order valence-electron chi connectivity index (χ0n) is 13.9. The molecular formula is C22H15N3O. The molecule has 4 heteroatoms.